The number of aryl methyl sites for hydroxylation is 4. The summed E-state index contributed by atoms with van der Waals surface area (Å²) in [4.78, 5) is 13.2. The summed E-state index contributed by atoms with van der Waals surface area (Å²) in [7, 11) is -3.88. The van der Waals surface area contributed by atoms with Gasteiger partial charge in [-0.3, -0.25) is 9.52 Å². The van der Waals surface area contributed by atoms with Crippen molar-refractivity contribution in [2.75, 3.05) is 10.0 Å². The van der Waals surface area contributed by atoms with Crippen molar-refractivity contribution in [2.45, 2.75) is 39.5 Å². The molecule has 4 aromatic rings. The van der Waals surface area contributed by atoms with Gasteiger partial charge >= 0.3 is 0 Å². The van der Waals surface area contributed by atoms with Gasteiger partial charge in [-0.25, -0.2) is 13.1 Å². The van der Waals surface area contributed by atoms with Gasteiger partial charge in [0.25, 0.3) is 15.9 Å². The molecule has 180 valence electrons. The third kappa shape index (κ3) is 5.12. The second kappa shape index (κ2) is 9.38. The molecule has 4 rings (SSSR count). The average Bonchev–Trinajstić information content (AvgIpc) is 3.09. The van der Waals surface area contributed by atoms with Crippen LogP contribution in [0.2, 0.25) is 0 Å². The van der Waals surface area contributed by atoms with Crippen molar-refractivity contribution < 1.29 is 13.2 Å². The molecule has 0 radical (unpaired) electrons. The van der Waals surface area contributed by atoms with Crippen LogP contribution in [0, 0.1) is 34.6 Å². The Bertz CT molecular complexity index is 1500. The highest BCUT2D eigenvalue weighted by Gasteiger charge is 2.21. The largest absolute Gasteiger partial charge is 0.319 e. The summed E-state index contributed by atoms with van der Waals surface area (Å²) in [5, 5.41) is 7.49. The first-order chi connectivity index (χ1) is 16.5. The molecule has 3 aromatic carbocycles. The van der Waals surface area contributed by atoms with Crippen LogP contribution in [0.25, 0.3) is 5.69 Å². The Hall–Kier alpha value is -3.91. The molecular formula is C27H28N4O3S. The van der Waals surface area contributed by atoms with E-state index in [0.29, 0.717) is 22.6 Å². The molecule has 2 N–H and O–H groups in total. The summed E-state index contributed by atoms with van der Waals surface area (Å²) in [5.74, 6) is -0.411. The van der Waals surface area contributed by atoms with E-state index in [1.54, 1.807) is 35.9 Å². The van der Waals surface area contributed by atoms with Gasteiger partial charge in [-0.15, -0.1) is 0 Å². The molecule has 8 heteroatoms. The van der Waals surface area contributed by atoms with Gasteiger partial charge in [-0.05, 0) is 76.6 Å². The Labute approximate surface area is 205 Å². The van der Waals surface area contributed by atoms with Crippen LogP contribution >= 0.6 is 0 Å². The minimum absolute atomic E-state index is 0.0505. The third-order valence-corrected chi connectivity index (χ3v) is 7.38. The Kier molecular flexibility index (Phi) is 6.49. The fourth-order valence-electron chi connectivity index (χ4n) is 3.81. The number of rotatable bonds is 6. The van der Waals surface area contributed by atoms with Crippen LogP contribution in [0.15, 0.2) is 71.6 Å². The number of carbonyl (C=O) groups is 1. The van der Waals surface area contributed by atoms with Gasteiger partial charge in [0.2, 0.25) is 0 Å². The highest BCUT2D eigenvalue weighted by molar-refractivity contribution is 7.92. The number of carbonyl (C=O) groups excluding carboxylic acids is 1. The number of sulfonamides is 1. The Morgan fingerprint density at radius 1 is 0.829 bits per heavy atom. The fourth-order valence-corrected chi connectivity index (χ4v) is 5.14. The molecule has 0 saturated heterocycles. The van der Waals surface area contributed by atoms with Crippen molar-refractivity contribution in [3.63, 3.8) is 0 Å². The van der Waals surface area contributed by atoms with E-state index in [-0.39, 0.29) is 10.5 Å². The Morgan fingerprint density at radius 3 is 2.06 bits per heavy atom. The van der Waals surface area contributed by atoms with Crippen LogP contribution in [0.5, 0.6) is 0 Å². The Morgan fingerprint density at radius 2 is 1.43 bits per heavy atom. The lowest BCUT2D eigenvalue weighted by molar-refractivity contribution is 0.102. The first-order valence-electron chi connectivity index (χ1n) is 11.2. The summed E-state index contributed by atoms with van der Waals surface area (Å²) in [6, 6.07) is 19.7. The maximum Gasteiger partial charge on any atom is 0.262 e. The number of hydrogen-bond acceptors (Lipinski definition) is 4. The van der Waals surface area contributed by atoms with Crippen molar-refractivity contribution in [2.24, 2.45) is 0 Å². The zero-order valence-corrected chi connectivity index (χ0v) is 21.2. The van der Waals surface area contributed by atoms with Crippen LogP contribution in [0.4, 0.5) is 11.4 Å². The summed E-state index contributed by atoms with van der Waals surface area (Å²) in [5.41, 5.74) is 6.34. The van der Waals surface area contributed by atoms with Gasteiger partial charge in [-0.2, -0.15) is 5.10 Å². The van der Waals surface area contributed by atoms with Crippen LogP contribution in [-0.4, -0.2) is 24.1 Å². The van der Waals surface area contributed by atoms with E-state index < -0.39 is 15.9 Å². The monoisotopic (exact) mass is 488 g/mol. The molecule has 7 nitrogen and oxygen atoms in total. The molecule has 1 heterocycles. The maximum atomic E-state index is 13.1. The molecule has 0 aliphatic rings. The van der Waals surface area contributed by atoms with E-state index in [1.807, 2.05) is 64.1 Å². The number of hydrogen-bond donors (Lipinski definition) is 2. The second-order valence-corrected chi connectivity index (χ2v) is 10.3. The van der Waals surface area contributed by atoms with E-state index in [0.717, 1.165) is 22.5 Å². The molecule has 0 fully saturated rings. The lowest BCUT2D eigenvalue weighted by atomic mass is 10.1. The van der Waals surface area contributed by atoms with Crippen LogP contribution in [0.1, 0.15) is 38.4 Å². The van der Waals surface area contributed by atoms with Gasteiger partial charge in [0.05, 0.1) is 27.7 Å². The highest BCUT2D eigenvalue weighted by atomic mass is 32.2. The van der Waals surface area contributed by atoms with E-state index in [9.17, 15) is 13.2 Å². The zero-order chi connectivity index (χ0) is 25.3. The molecule has 0 spiro atoms. The molecule has 0 aliphatic carbocycles. The Balaban J connectivity index is 1.61. The molecule has 1 aromatic heterocycles. The van der Waals surface area contributed by atoms with Crippen molar-refractivity contribution in [1.29, 1.82) is 0 Å². The normalized spacial score (nSPS) is 11.3. The van der Waals surface area contributed by atoms with Gasteiger partial charge < -0.3 is 5.32 Å². The summed E-state index contributed by atoms with van der Waals surface area (Å²) in [6.07, 6.45) is 0. The molecular weight excluding hydrogens is 460 g/mol. The van der Waals surface area contributed by atoms with E-state index >= 15 is 0 Å². The van der Waals surface area contributed by atoms with Crippen molar-refractivity contribution in [3.05, 3.63) is 100 Å². The summed E-state index contributed by atoms with van der Waals surface area (Å²) >= 11 is 0. The zero-order valence-electron chi connectivity index (χ0n) is 20.4. The number of nitrogens with one attached hydrogen (secondary N) is 2. The first-order valence-corrected chi connectivity index (χ1v) is 12.7. The highest BCUT2D eigenvalue weighted by Crippen LogP contribution is 2.25. The molecule has 0 unspecified atom stereocenters. The molecule has 0 aliphatic heterocycles. The summed E-state index contributed by atoms with van der Waals surface area (Å²) < 4.78 is 30.5. The second-order valence-electron chi connectivity index (χ2n) is 8.70. The van der Waals surface area contributed by atoms with E-state index in [4.69, 9.17) is 0 Å². The average molecular weight is 489 g/mol. The standard InChI is InChI=1S/C27H28N4O3S/c1-17-6-12-23(13-7-17)30-35(33,34)25-16-22(11-10-19(25)3)27(32)28-26-20(4)29-31(21(26)5)24-14-8-18(2)9-15-24/h6-16,30H,1-5H3,(H,28,32). The summed E-state index contributed by atoms with van der Waals surface area (Å²) in [6.45, 7) is 9.35. The van der Waals surface area contributed by atoms with Crippen LogP contribution in [-0.2, 0) is 10.0 Å². The number of benzene rings is 3. The lowest BCUT2D eigenvalue weighted by Crippen LogP contribution is -2.17. The van der Waals surface area contributed by atoms with Gasteiger partial charge in [0, 0.05) is 11.3 Å². The lowest BCUT2D eigenvalue weighted by Gasteiger charge is -2.13. The smallest absolute Gasteiger partial charge is 0.262 e. The minimum Gasteiger partial charge on any atom is -0.319 e. The number of anilines is 2. The minimum atomic E-state index is -3.88. The van der Waals surface area contributed by atoms with E-state index in [2.05, 4.69) is 15.1 Å². The quantitative estimate of drug-likeness (QED) is 0.376. The number of amides is 1. The predicted molar refractivity (Wildman–Crippen MR) is 139 cm³/mol. The molecule has 0 atom stereocenters. The van der Waals surface area contributed by atoms with Gasteiger partial charge in [0.15, 0.2) is 0 Å². The molecule has 1 amide bonds. The predicted octanol–water partition coefficient (Wildman–Crippen LogP) is 5.47. The number of aromatic nitrogens is 2. The van der Waals surface area contributed by atoms with Crippen molar-refractivity contribution in [3.8, 4) is 5.69 Å². The van der Waals surface area contributed by atoms with E-state index in [1.165, 1.54) is 6.07 Å². The number of nitrogens with zero attached hydrogens (tertiary/aromatic N) is 2. The molecule has 0 saturated carbocycles. The fraction of sp³-hybridized carbons (Fsp3) is 0.185. The van der Waals surface area contributed by atoms with Crippen molar-refractivity contribution in [1.82, 2.24) is 9.78 Å². The topological polar surface area (TPSA) is 93.1 Å². The van der Waals surface area contributed by atoms with Crippen LogP contribution < -0.4 is 10.0 Å². The van der Waals surface area contributed by atoms with Crippen LogP contribution in [0.3, 0.4) is 0 Å². The first kappa shape index (κ1) is 24.2. The molecule has 0 bridgehead atoms. The van der Waals surface area contributed by atoms with Gasteiger partial charge in [-0.1, -0.05) is 41.5 Å². The molecule has 35 heavy (non-hydrogen) atoms. The van der Waals surface area contributed by atoms with Crippen molar-refractivity contribution >= 4 is 27.3 Å². The third-order valence-electron chi connectivity index (χ3n) is 5.85. The maximum absolute atomic E-state index is 13.1. The van der Waals surface area contributed by atoms with Gasteiger partial charge in [0.1, 0.15) is 0 Å². The SMILES string of the molecule is Cc1ccc(NS(=O)(=O)c2cc(C(=O)Nc3c(C)nn(-c4ccc(C)cc4)c3C)ccc2C)cc1.